The predicted molar refractivity (Wildman–Crippen MR) is 122 cm³/mol. The second-order valence-corrected chi connectivity index (χ2v) is 9.77. The Kier molecular flexibility index (Phi) is 8.99. The molecule has 8 nitrogen and oxygen atoms in total. The molecule has 0 spiro atoms. The number of amides is 1. The van der Waals surface area contributed by atoms with E-state index in [1.165, 1.54) is 6.92 Å². The number of nitrogens with zero attached hydrogens (tertiary/aromatic N) is 2. The van der Waals surface area contributed by atoms with Crippen molar-refractivity contribution in [1.82, 2.24) is 10.2 Å². The second kappa shape index (κ2) is 10.3. The van der Waals surface area contributed by atoms with Gasteiger partial charge in [-0.15, -0.1) is 24.0 Å². The van der Waals surface area contributed by atoms with Crippen LogP contribution < -0.4 is 15.4 Å². The molecule has 1 aliphatic rings. The number of hydrogen-bond donors (Lipinski definition) is 2. The number of benzene rings is 1. The lowest BCUT2D eigenvalue weighted by molar-refractivity contribution is -0.114. The van der Waals surface area contributed by atoms with Crippen molar-refractivity contribution in [2.45, 2.75) is 25.5 Å². The van der Waals surface area contributed by atoms with Crippen LogP contribution in [0.3, 0.4) is 0 Å². The van der Waals surface area contributed by atoms with E-state index in [1.807, 2.05) is 17.0 Å². The number of carbonyl (C=O) groups is 1. The molecule has 1 saturated heterocycles. The normalized spacial score (nSPS) is 18.0. The Balaban J connectivity index is 0.00000392. The number of hydrogen-bond acceptors (Lipinski definition) is 5. The summed E-state index contributed by atoms with van der Waals surface area (Å²) in [6, 6.07) is 7.18. The minimum atomic E-state index is -3.09. The van der Waals surface area contributed by atoms with Crippen LogP contribution in [0.15, 0.2) is 29.3 Å². The van der Waals surface area contributed by atoms with Gasteiger partial charge in [0, 0.05) is 38.8 Å². The molecule has 2 N–H and O–H groups in total. The highest BCUT2D eigenvalue weighted by molar-refractivity contribution is 14.0. The van der Waals surface area contributed by atoms with Gasteiger partial charge in [-0.1, -0.05) is 6.07 Å². The molecule has 0 radical (unpaired) electrons. The van der Waals surface area contributed by atoms with Crippen LogP contribution >= 0.6 is 24.0 Å². The van der Waals surface area contributed by atoms with Crippen LogP contribution in [-0.2, 0) is 14.6 Å². The number of anilines is 1. The van der Waals surface area contributed by atoms with E-state index in [-0.39, 0.29) is 35.6 Å². The highest BCUT2D eigenvalue weighted by Gasteiger charge is 2.40. The van der Waals surface area contributed by atoms with Gasteiger partial charge in [0.25, 0.3) is 0 Å². The number of halogens is 1. The van der Waals surface area contributed by atoms with Gasteiger partial charge in [-0.25, -0.2) is 8.42 Å². The molecule has 1 aliphatic heterocycles. The molecular weight excluding hydrogens is 495 g/mol. The molecule has 0 aromatic heterocycles. The molecule has 1 amide bonds. The number of guanidine groups is 1. The van der Waals surface area contributed by atoms with Crippen molar-refractivity contribution >= 4 is 51.4 Å². The first-order valence-corrected chi connectivity index (χ1v) is 10.5. The van der Waals surface area contributed by atoms with Crippen molar-refractivity contribution in [3.05, 3.63) is 24.3 Å². The van der Waals surface area contributed by atoms with E-state index < -0.39 is 14.6 Å². The highest BCUT2D eigenvalue weighted by atomic mass is 127. The summed E-state index contributed by atoms with van der Waals surface area (Å²) in [6.07, 6.45) is 0. The number of sulfone groups is 1. The molecule has 1 fully saturated rings. The molecule has 158 valence electrons. The standard InChI is InChI=1S/C18H28N4O4S.HI/c1-14(23)21-15-6-5-7-16(12-15)26-10-8-20-17(19-4)22-9-11-27(24,25)18(2,3)13-22;/h5-7,12H,8-11,13H2,1-4H3,(H,19,20)(H,21,23);1H. The smallest absolute Gasteiger partial charge is 0.221 e. The van der Waals surface area contributed by atoms with E-state index in [1.54, 1.807) is 33.0 Å². The lowest BCUT2D eigenvalue weighted by Crippen LogP contribution is -2.57. The number of nitrogens with one attached hydrogen (secondary N) is 2. The zero-order chi connectivity index (χ0) is 20.1. The maximum atomic E-state index is 12.1. The minimum Gasteiger partial charge on any atom is -0.492 e. The van der Waals surface area contributed by atoms with Gasteiger partial charge in [-0.2, -0.15) is 0 Å². The Hall–Kier alpha value is -1.56. The Morgan fingerprint density at radius 2 is 2.07 bits per heavy atom. The number of rotatable bonds is 5. The Morgan fingerprint density at radius 3 is 2.68 bits per heavy atom. The molecule has 0 atom stereocenters. The van der Waals surface area contributed by atoms with E-state index in [4.69, 9.17) is 4.74 Å². The predicted octanol–water partition coefficient (Wildman–Crippen LogP) is 1.73. The first-order valence-electron chi connectivity index (χ1n) is 8.83. The molecule has 1 heterocycles. The average molecular weight is 524 g/mol. The van der Waals surface area contributed by atoms with Gasteiger partial charge in [0.15, 0.2) is 15.8 Å². The zero-order valence-electron chi connectivity index (χ0n) is 16.7. The topological polar surface area (TPSA) is 100 Å². The highest BCUT2D eigenvalue weighted by Crippen LogP contribution is 2.23. The third kappa shape index (κ3) is 6.50. The molecule has 0 saturated carbocycles. The molecule has 2 rings (SSSR count). The average Bonchev–Trinajstić information content (AvgIpc) is 2.57. The van der Waals surface area contributed by atoms with Crippen LogP contribution in [0.5, 0.6) is 5.75 Å². The fourth-order valence-corrected chi connectivity index (χ4v) is 4.22. The SMILES string of the molecule is CN=C(NCCOc1cccc(NC(C)=O)c1)N1CCS(=O)(=O)C(C)(C)C1.I. The van der Waals surface area contributed by atoms with Gasteiger partial charge < -0.3 is 20.3 Å². The van der Waals surface area contributed by atoms with Crippen molar-refractivity contribution < 1.29 is 17.9 Å². The molecule has 0 unspecified atom stereocenters. The fraction of sp³-hybridized carbons (Fsp3) is 0.556. The van der Waals surface area contributed by atoms with Crippen LogP contribution in [0.25, 0.3) is 0 Å². The lowest BCUT2D eigenvalue weighted by atomic mass is 10.2. The lowest BCUT2D eigenvalue weighted by Gasteiger charge is -2.39. The summed E-state index contributed by atoms with van der Waals surface area (Å²) in [5.41, 5.74) is 0.681. The van der Waals surface area contributed by atoms with E-state index >= 15 is 0 Å². The maximum absolute atomic E-state index is 12.1. The molecule has 28 heavy (non-hydrogen) atoms. The Bertz CT molecular complexity index is 812. The van der Waals surface area contributed by atoms with E-state index in [2.05, 4.69) is 15.6 Å². The molecule has 1 aromatic carbocycles. The van der Waals surface area contributed by atoms with Crippen molar-refractivity contribution in [3.8, 4) is 5.75 Å². The summed E-state index contributed by atoms with van der Waals surface area (Å²) in [6.45, 7) is 6.68. The first kappa shape index (κ1) is 24.5. The fourth-order valence-electron chi connectivity index (χ4n) is 2.86. The summed E-state index contributed by atoms with van der Waals surface area (Å²) >= 11 is 0. The molecular formula is C18H29IN4O4S. The minimum absolute atomic E-state index is 0. The number of ether oxygens (including phenoxy) is 1. The van der Waals surface area contributed by atoms with E-state index in [0.717, 1.165) is 0 Å². The Morgan fingerprint density at radius 1 is 1.36 bits per heavy atom. The van der Waals surface area contributed by atoms with Gasteiger partial charge in [-0.3, -0.25) is 9.79 Å². The van der Waals surface area contributed by atoms with Crippen molar-refractivity contribution in [2.75, 3.05) is 44.4 Å². The molecule has 10 heteroatoms. The first-order chi connectivity index (χ1) is 12.6. The number of carbonyl (C=O) groups excluding carboxylic acids is 1. The molecule has 0 aliphatic carbocycles. The molecule has 0 bridgehead atoms. The Labute approximate surface area is 184 Å². The summed E-state index contributed by atoms with van der Waals surface area (Å²) in [4.78, 5) is 17.3. The van der Waals surface area contributed by atoms with Gasteiger partial charge in [0.05, 0.1) is 17.0 Å². The zero-order valence-corrected chi connectivity index (χ0v) is 19.8. The monoisotopic (exact) mass is 524 g/mol. The van der Waals surface area contributed by atoms with Gasteiger partial charge in [0.2, 0.25) is 5.91 Å². The van der Waals surface area contributed by atoms with Crippen molar-refractivity contribution in [3.63, 3.8) is 0 Å². The van der Waals surface area contributed by atoms with Gasteiger partial charge >= 0.3 is 0 Å². The van der Waals surface area contributed by atoms with Crippen LogP contribution in [-0.4, -0.2) is 69.0 Å². The van der Waals surface area contributed by atoms with E-state index in [9.17, 15) is 13.2 Å². The second-order valence-electron chi connectivity index (χ2n) is 7.03. The molecule has 1 aromatic rings. The number of aliphatic imine (C=N–C) groups is 1. The largest absolute Gasteiger partial charge is 0.492 e. The summed E-state index contributed by atoms with van der Waals surface area (Å²) in [5.74, 6) is 1.30. The van der Waals surface area contributed by atoms with Gasteiger partial charge in [0.1, 0.15) is 12.4 Å². The third-order valence-corrected chi connectivity index (χ3v) is 6.90. The van der Waals surface area contributed by atoms with Crippen LogP contribution in [0.4, 0.5) is 5.69 Å². The summed E-state index contributed by atoms with van der Waals surface area (Å²) in [7, 11) is -1.41. The van der Waals surface area contributed by atoms with Gasteiger partial charge in [-0.05, 0) is 26.0 Å². The maximum Gasteiger partial charge on any atom is 0.221 e. The quantitative estimate of drug-likeness (QED) is 0.264. The summed E-state index contributed by atoms with van der Waals surface area (Å²) < 4.78 is 29.2. The van der Waals surface area contributed by atoms with Crippen molar-refractivity contribution in [1.29, 1.82) is 0 Å². The van der Waals surface area contributed by atoms with Crippen molar-refractivity contribution in [2.24, 2.45) is 4.99 Å². The van der Waals surface area contributed by atoms with Crippen LogP contribution in [0.2, 0.25) is 0 Å². The third-order valence-electron chi connectivity index (χ3n) is 4.36. The van der Waals surface area contributed by atoms with Crippen LogP contribution in [0, 0.1) is 0 Å². The van der Waals surface area contributed by atoms with Crippen LogP contribution in [0.1, 0.15) is 20.8 Å². The van der Waals surface area contributed by atoms with E-state index in [0.29, 0.717) is 43.6 Å². The summed E-state index contributed by atoms with van der Waals surface area (Å²) in [5, 5.41) is 5.92.